The van der Waals surface area contributed by atoms with E-state index in [-0.39, 0.29) is 6.04 Å². The summed E-state index contributed by atoms with van der Waals surface area (Å²) in [6.45, 7) is 3.05. The highest BCUT2D eigenvalue weighted by molar-refractivity contribution is 5.31. The fourth-order valence-corrected chi connectivity index (χ4v) is 1.49. The quantitative estimate of drug-likeness (QED) is 0.725. The van der Waals surface area contributed by atoms with E-state index in [0.29, 0.717) is 25.0 Å². The van der Waals surface area contributed by atoms with Crippen molar-refractivity contribution in [1.82, 2.24) is 9.97 Å². The minimum Gasteiger partial charge on any atom is -0.481 e. The number of aromatic nitrogens is 2. The van der Waals surface area contributed by atoms with Crippen molar-refractivity contribution in [3.63, 3.8) is 0 Å². The zero-order chi connectivity index (χ0) is 12.7. The highest BCUT2D eigenvalue weighted by Crippen LogP contribution is 2.12. The molecule has 0 aliphatic carbocycles. The SMILES string of the molecule is COCC(CCN)Nc1nc(C)cc(OC)n1. The summed E-state index contributed by atoms with van der Waals surface area (Å²) in [7, 11) is 3.24. The number of methoxy groups -OCH3 is 2. The van der Waals surface area contributed by atoms with Gasteiger partial charge in [-0.3, -0.25) is 0 Å². The molecule has 6 nitrogen and oxygen atoms in total. The molecule has 1 heterocycles. The molecule has 0 bridgehead atoms. The topological polar surface area (TPSA) is 82.3 Å². The van der Waals surface area contributed by atoms with Crippen molar-refractivity contribution in [2.45, 2.75) is 19.4 Å². The lowest BCUT2D eigenvalue weighted by molar-refractivity contribution is 0.183. The molecule has 1 unspecified atom stereocenters. The standard InChI is InChI=1S/C11H20N4O2/c1-8-6-10(17-3)15-11(13-8)14-9(4-5-12)7-16-2/h6,9H,4-5,7,12H2,1-3H3,(H,13,14,15). The highest BCUT2D eigenvalue weighted by Gasteiger charge is 2.10. The van der Waals surface area contributed by atoms with Gasteiger partial charge in [-0.25, -0.2) is 4.98 Å². The molecule has 0 aliphatic heterocycles. The maximum Gasteiger partial charge on any atom is 0.226 e. The summed E-state index contributed by atoms with van der Waals surface area (Å²) in [5.41, 5.74) is 6.39. The molecular weight excluding hydrogens is 220 g/mol. The number of hydrogen-bond donors (Lipinski definition) is 2. The van der Waals surface area contributed by atoms with E-state index in [1.807, 2.05) is 6.92 Å². The largest absolute Gasteiger partial charge is 0.481 e. The molecule has 0 spiro atoms. The van der Waals surface area contributed by atoms with Gasteiger partial charge < -0.3 is 20.5 Å². The van der Waals surface area contributed by atoms with Crippen LogP contribution in [0.1, 0.15) is 12.1 Å². The fraction of sp³-hybridized carbons (Fsp3) is 0.636. The fourth-order valence-electron chi connectivity index (χ4n) is 1.49. The van der Waals surface area contributed by atoms with E-state index in [2.05, 4.69) is 15.3 Å². The molecule has 0 saturated heterocycles. The summed E-state index contributed by atoms with van der Waals surface area (Å²) in [5, 5.41) is 3.19. The Labute approximate surface area is 102 Å². The monoisotopic (exact) mass is 240 g/mol. The van der Waals surface area contributed by atoms with Gasteiger partial charge in [-0.2, -0.15) is 4.98 Å². The lowest BCUT2D eigenvalue weighted by atomic mass is 10.2. The predicted octanol–water partition coefficient (Wildman–Crippen LogP) is 0.569. The minimum absolute atomic E-state index is 0.108. The predicted molar refractivity (Wildman–Crippen MR) is 66.3 cm³/mol. The summed E-state index contributed by atoms with van der Waals surface area (Å²) in [5.74, 6) is 1.08. The van der Waals surface area contributed by atoms with Crippen LogP contribution >= 0.6 is 0 Å². The normalized spacial score (nSPS) is 12.2. The molecule has 0 fully saturated rings. The van der Waals surface area contributed by atoms with E-state index in [1.165, 1.54) is 0 Å². The number of aryl methyl sites for hydroxylation is 1. The first-order chi connectivity index (χ1) is 8.19. The smallest absolute Gasteiger partial charge is 0.226 e. The van der Waals surface area contributed by atoms with E-state index < -0.39 is 0 Å². The number of anilines is 1. The van der Waals surface area contributed by atoms with Crippen LogP contribution in [-0.4, -0.2) is 43.4 Å². The van der Waals surface area contributed by atoms with Crippen LogP contribution in [-0.2, 0) is 4.74 Å². The van der Waals surface area contributed by atoms with E-state index >= 15 is 0 Å². The van der Waals surface area contributed by atoms with Crippen LogP contribution in [0.15, 0.2) is 6.07 Å². The van der Waals surface area contributed by atoms with Crippen LogP contribution in [0.3, 0.4) is 0 Å². The Morgan fingerprint density at radius 3 is 2.76 bits per heavy atom. The molecule has 0 radical (unpaired) electrons. The van der Waals surface area contributed by atoms with Gasteiger partial charge in [-0.05, 0) is 19.9 Å². The molecule has 0 aromatic carbocycles. The van der Waals surface area contributed by atoms with E-state index in [1.54, 1.807) is 20.3 Å². The van der Waals surface area contributed by atoms with Gasteiger partial charge in [-0.15, -0.1) is 0 Å². The molecule has 1 aromatic rings. The number of nitrogens with zero attached hydrogens (tertiary/aromatic N) is 2. The molecule has 6 heteroatoms. The van der Waals surface area contributed by atoms with Gasteiger partial charge >= 0.3 is 0 Å². The van der Waals surface area contributed by atoms with Crippen molar-refractivity contribution < 1.29 is 9.47 Å². The van der Waals surface area contributed by atoms with Crippen molar-refractivity contribution in [2.75, 3.05) is 32.7 Å². The van der Waals surface area contributed by atoms with Gasteiger partial charge in [0.2, 0.25) is 11.8 Å². The molecule has 17 heavy (non-hydrogen) atoms. The summed E-state index contributed by atoms with van der Waals surface area (Å²) >= 11 is 0. The number of rotatable bonds is 7. The van der Waals surface area contributed by atoms with Gasteiger partial charge in [0, 0.05) is 18.9 Å². The summed E-state index contributed by atoms with van der Waals surface area (Å²) in [6.07, 6.45) is 0.799. The molecular formula is C11H20N4O2. The minimum atomic E-state index is 0.108. The Morgan fingerprint density at radius 1 is 1.41 bits per heavy atom. The second-order valence-electron chi connectivity index (χ2n) is 3.75. The zero-order valence-electron chi connectivity index (χ0n) is 10.6. The summed E-state index contributed by atoms with van der Waals surface area (Å²) < 4.78 is 10.2. The number of ether oxygens (including phenoxy) is 2. The average molecular weight is 240 g/mol. The van der Waals surface area contributed by atoms with Crippen LogP contribution in [0.2, 0.25) is 0 Å². The Kier molecular flexibility index (Phi) is 5.65. The third kappa shape index (κ3) is 4.54. The Balaban J connectivity index is 2.73. The maximum atomic E-state index is 5.54. The van der Waals surface area contributed by atoms with Gasteiger partial charge in [0.15, 0.2) is 0 Å². The van der Waals surface area contributed by atoms with Crippen LogP contribution in [0.4, 0.5) is 5.95 Å². The molecule has 1 atom stereocenters. The van der Waals surface area contributed by atoms with Crippen molar-refractivity contribution in [2.24, 2.45) is 5.73 Å². The van der Waals surface area contributed by atoms with Crippen LogP contribution in [0.25, 0.3) is 0 Å². The Morgan fingerprint density at radius 2 is 2.18 bits per heavy atom. The first-order valence-electron chi connectivity index (χ1n) is 5.54. The third-order valence-corrected chi connectivity index (χ3v) is 2.26. The molecule has 1 aromatic heterocycles. The van der Waals surface area contributed by atoms with E-state index in [9.17, 15) is 0 Å². The van der Waals surface area contributed by atoms with Gasteiger partial charge in [0.05, 0.1) is 19.8 Å². The number of nitrogens with two attached hydrogens (primary N) is 1. The van der Waals surface area contributed by atoms with Crippen molar-refractivity contribution in [1.29, 1.82) is 0 Å². The van der Waals surface area contributed by atoms with Crippen molar-refractivity contribution in [3.05, 3.63) is 11.8 Å². The molecule has 0 aliphatic rings. The van der Waals surface area contributed by atoms with Crippen molar-refractivity contribution in [3.8, 4) is 5.88 Å². The first kappa shape index (κ1) is 13.7. The second-order valence-corrected chi connectivity index (χ2v) is 3.75. The lowest BCUT2D eigenvalue weighted by Gasteiger charge is -2.17. The Bertz CT molecular complexity index is 340. The number of nitrogens with one attached hydrogen (secondary N) is 1. The molecule has 3 N–H and O–H groups in total. The summed E-state index contributed by atoms with van der Waals surface area (Å²) in [6, 6.07) is 1.89. The molecule has 96 valence electrons. The van der Waals surface area contributed by atoms with E-state index in [4.69, 9.17) is 15.2 Å². The Hall–Kier alpha value is -1.40. The molecule has 1 rings (SSSR count). The van der Waals surface area contributed by atoms with Crippen LogP contribution in [0.5, 0.6) is 5.88 Å². The van der Waals surface area contributed by atoms with Crippen molar-refractivity contribution >= 4 is 5.95 Å². The van der Waals surface area contributed by atoms with Gasteiger partial charge in [0.25, 0.3) is 0 Å². The van der Waals surface area contributed by atoms with E-state index in [0.717, 1.165) is 12.1 Å². The lowest BCUT2D eigenvalue weighted by Crippen LogP contribution is -2.28. The van der Waals surface area contributed by atoms with Gasteiger partial charge in [0.1, 0.15) is 0 Å². The van der Waals surface area contributed by atoms with Crippen LogP contribution in [0, 0.1) is 6.92 Å². The average Bonchev–Trinajstić information content (AvgIpc) is 2.29. The second kappa shape index (κ2) is 7.03. The molecule has 0 saturated carbocycles. The van der Waals surface area contributed by atoms with Crippen LogP contribution < -0.4 is 15.8 Å². The maximum absolute atomic E-state index is 5.54. The third-order valence-electron chi connectivity index (χ3n) is 2.26. The van der Waals surface area contributed by atoms with Gasteiger partial charge in [-0.1, -0.05) is 0 Å². The molecule has 0 amide bonds. The zero-order valence-corrected chi connectivity index (χ0v) is 10.6. The first-order valence-corrected chi connectivity index (χ1v) is 5.54. The number of hydrogen-bond acceptors (Lipinski definition) is 6. The highest BCUT2D eigenvalue weighted by atomic mass is 16.5. The summed E-state index contributed by atoms with van der Waals surface area (Å²) in [4.78, 5) is 8.50.